The van der Waals surface area contributed by atoms with Crippen molar-refractivity contribution in [3.05, 3.63) is 57.6 Å². The number of aromatic hydroxyl groups is 2. The molecule has 0 saturated heterocycles. The molecule has 0 spiro atoms. The van der Waals surface area contributed by atoms with Crippen LogP contribution in [0.5, 0.6) is 11.5 Å². The van der Waals surface area contributed by atoms with Gasteiger partial charge in [0.25, 0.3) is 0 Å². The van der Waals surface area contributed by atoms with E-state index >= 15 is 0 Å². The molecule has 2 rings (SSSR count). The second-order valence-corrected chi connectivity index (χ2v) is 8.41. The fourth-order valence-electron chi connectivity index (χ4n) is 4.11. The minimum absolute atomic E-state index is 0.419. The van der Waals surface area contributed by atoms with Gasteiger partial charge in [-0.15, -0.1) is 0 Å². The molecule has 0 bridgehead atoms. The predicted molar refractivity (Wildman–Crippen MR) is 124 cm³/mol. The average molecular weight is 397 g/mol. The summed E-state index contributed by atoms with van der Waals surface area (Å²) in [6.07, 6.45) is 11.2. The predicted octanol–water partition coefficient (Wildman–Crippen LogP) is 7.28. The normalized spacial score (nSPS) is 11.2. The van der Waals surface area contributed by atoms with Crippen molar-refractivity contribution >= 4 is 0 Å². The lowest BCUT2D eigenvalue weighted by Crippen LogP contribution is -2.00. The molecule has 0 aromatic heterocycles. The summed E-state index contributed by atoms with van der Waals surface area (Å²) >= 11 is 0. The molecule has 2 N–H and O–H groups in total. The van der Waals surface area contributed by atoms with Gasteiger partial charge in [0.1, 0.15) is 11.5 Å². The molecule has 0 unspecified atom stereocenters. The van der Waals surface area contributed by atoms with Gasteiger partial charge in [-0.1, -0.05) is 77.6 Å². The van der Waals surface area contributed by atoms with Gasteiger partial charge >= 0.3 is 0 Å². The van der Waals surface area contributed by atoms with Gasteiger partial charge in [-0.05, 0) is 71.9 Å². The van der Waals surface area contributed by atoms with Gasteiger partial charge in [0, 0.05) is 6.42 Å². The number of phenols is 2. The Morgan fingerprint density at radius 2 is 0.897 bits per heavy atom. The third kappa shape index (κ3) is 6.52. The van der Waals surface area contributed by atoms with Gasteiger partial charge in [-0.3, -0.25) is 0 Å². The van der Waals surface area contributed by atoms with Crippen molar-refractivity contribution in [1.29, 1.82) is 0 Å². The lowest BCUT2D eigenvalue weighted by molar-refractivity contribution is 0.454. The Balaban J connectivity index is 2.44. The van der Waals surface area contributed by atoms with E-state index in [2.05, 4.69) is 52.0 Å². The molecule has 0 heterocycles. The standard InChI is InChI=1S/C27H40O2/c1-5-9-13-20-15-22(11-7-3)26(28)24(17-20)19-25-18-21(14-10-6-2)16-23(12-8-4)27(25)29/h15-18,28-29H,5-14,19H2,1-4H3. The van der Waals surface area contributed by atoms with Crippen LogP contribution in [0.4, 0.5) is 0 Å². The molecule has 0 aliphatic rings. The molecule has 2 heteroatoms. The molecule has 0 aliphatic heterocycles. The minimum Gasteiger partial charge on any atom is -0.507 e. The Bertz CT molecular complexity index is 711. The minimum atomic E-state index is 0.419. The Hall–Kier alpha value is -1.96. The Morgan fingerprint density at radius 3 is 1.24 bits per heavy atom. The first kappa shape index (κ1) is 23.3. The van der Waals surface area contributed by atoms with Crippen LogP contribution < -0.4 is 0 Å². The summed E-state index contributed by atoms with van der Waals surface area (Å²) in [6.45, 7) is 8.72. The molecule has 0 aliphatic carbocycles. The number of phenolic OH excluding ortho intramolecular Hbond substituents is 2. The average Bonchev–Trinajstić information content (AvgIpc) is 2.71. The molecule has 160 valence electrons. The number of hydrogen-bond donors (Lipinski definition) is 2. The molecule has 0 amide bonds. The molecule has 29 heavy (non-hydrogen) atoms. The number of unbranched alkanes of at least 4 members (excludes halogenated alkanes) is 2. The first-order valence-electron chi connectivity index (χ1n) is 11.7. The highest BCUT2D eigenvalue weighted by Gasteiger charge is 2.15. The summed E-state index contributed by atoms with van der Waals surface area (Å²) in [7, 11) is 0. The molecule has 0 fully saturated rings. The highest BCUT2D eigenvalue weighted by Crippen LogP contribution is 2.33. The fourth-order valence-corrected chi connectivity index (χ4v) is 4.11. The summed E-state index contributed by atoms with van der Waals surface area (Å²) in [6, 6.07) is 8.67. The maximum atomic E-state index is 10.9. The first-order chi connectivity index (χ1) is 14.0. The Morgan fingerprint density at radius 1 is 0.517 bits per heavy atom. The van der Waals surface area contributed by atoms with Crippen LogP contribution in [0.2, 0.25) is 0 Å². The third-order valence-corrected chi connectivity index (χ3v) is 5.71. The zero-order valence-electron chi connectivity index (χ0n) is 19.0. The second-order valence-electron chi connectivity index (χ2n) is 8.41. The number of benzene rings is 2. The molecule has 2 nitrogen and oxygen atoms in total. The zero-order chi connectivity index (χ0) is 21.2. The van der Waals surface area contributed by atoms with Crippen LogP contribution >= 0.6 is 0 Å². The number of hydrogen-bond acceptors (Lipinski definition) is 2. The lowest BCUT2D eigenvalue weighted by Gasteiger charge is -2.16. The lowest BCUT2D eigenvalue weighted by atomic mass is 9.91. The van der Waals surface area contributed by atoms with Gasteiger partial charge in [0.05, 0.1) is 0 Å². The fraction of sp³-hybridized carbons (Fsp3) is 0.556. The highest BCUT2D eigenvalue weighted by atomic mass is 16.3. The highest BCUT2D eigenvalue weighted by molar-refractivity contribution is 5.51. The summed E-state index contributed by atoms with van der Waals surface area (Å²) in [4.78, 5) is 0. The van der Waals surface area contributed by atoms with Crippen LogP contribution in [-0.4, -0.2) is 10.2 Å². The summed E-state index contributed by atoms with van der Waals surface area (Å²) in [5.74, 6) is 0.838. The van der Waals surface area contributed by atoms with Gasteiger partial charge < -0.3 is 10.2 Å². The van der Waals surface area contributed by atoms with E-state index in [4.69, 9.17) is 0 Å². The van der Waals surface area contributed by atoms with E-state index in [9.17, 15) is 10.2 Å². The van der Waals surface area contributed by atoms with E-state index in [1.165, 1.54) is 24.0 Å². The van der Waals surface area contributed by atoms with Crippen LogP contribution in [0, 0.1) is 0 Å². The first-order valence-corrected chi connectivity index (χ1v) is 11.7. The SMILES string of the molecule is CCCCc1cc(CCC)c(O)c(Cc2cc(CCCC)cc(CCC)c2O)c1. The van der Waals surface area contributed by atoms with E-state index in [0.717, 1.165) is 73.6 Å². The van der Waals surface area contributed by atoms with Gasteiger partial charge in [0.2, 0.25) is 0 Å². The monoisotopic (exact) mass is 396 g/mol. The van der Waals surface area contributed by atoms with Crippen molar-refractivity contribution in [3.63, 3.8) is 0 Å². The maximum absolute atomic E-state index is 10.9. The van der Waals surface area contributed by atoms with Gasteiger partial charge in [-0.2, -0.15) is 0 Å². The van der Waals surface area contributed by atoms with E-state index < -0.39 is 0 Å². The van der Waals surface area contributed by atoms with Crippen molar-refractivity contribution < 1.29 is 10.2 Å². The summed E-state index contributed by atoms with van der Waals surface area (Å²) in [5.41, 5.74) is 6.61. The third-order valence-electron chi connectivity index (χ3n) is 5.71. The van der Waals surface area contributed by atoms with Crippen molar-refractivity contribution in [1.82, 2.24) is 0 Å². The van der Waals surface area contributed by atoms with E-state index in [-0.39, 0.29) is 0 Å². The molecule has 0 saturated carbocycles. The van der Waals surface area contributed by atoms with Gasteiger partial charge in [-0.25, -0.2) is 0 Å². The van der Waals surface area contributed by atoms with Crippen molar-refractivity contribution in [3.8, 4) is 11.5 Å². The topological polar surface area (TPSA) is 40.5 Å². The van der Waals surface area contributed by atoms with Crippen LogP contribution in [0.15, 0.2) is 24.3 Å². The summed E-state index contributed by atoms with van der Waals surface area (Å²) in [5, 5.41) is 21.8. The molecule has 2 aromatic rings. The van der Waals surface area contributed by atoms with E-state index in [0.29, 0.717) is 17.9 Å². The van der Waals surface area contributed by atoms with Crippen molar-refractivity contribution in [2.45, 2.75) is 98.3 Å². The van der Waals surface area contributed by atoms with Crippen LogP contribution in [0.1, 0.15) is 99.6 Å². The zero-order valence-corrected chi connectivity index (χ0v) is 19.0. The Labute approximate surface area is 178 Å². The van der Waals surface area contributed by atoms with Crippen molar-refractivity contribution in [2.75, 3.05) is 0 Å². The molecular weight excluding hydrogens is 356 g/mol. The van der Waals surface area contributed by atoms with Gasteiger partial charge in [0.15, 0.2) is 0 Å². The smallest absolute Gasteiger partial charge is 0.122 e. The maximum Gasteiger partial charge on any atom is 0.122 e. The van der Waals surface area contributed by atoms with E-state index in [1.807, 2.05) is 0 Å². The number of rotatable bonds is 12. The van der Waals surface area contributed by atoms with Crippen LogP contribution in [0.25, 0.3) is 0 Å². The molecule has 0 atom stereocenters. The molecule has 2 aromatic carbocycles. The molecule has 0 radical (unpaired) electrons. The Kier molecular flexibility index (Phi) is 9.57. The largest absolute Gasteiger partial charge is 0.507 e. The van der Waals surface area contributed by atoms with Crippen LogP contribution in [-0.2, 0) is 32.1 Å². The second kappa shape index (κ2) is 11.9. The van der Waals surface area contributed by atoms with E-state index in [1.54, 1.807) is 0 Å². The van der Waals surface area contributed by atoms with Crippen molar-refractivity contribution in [2.24, 2.45) is 0 Å². The van der Waals surface area contributed by atoms with Crippen LogP contribution in [0.3, 0.4) is 0 Å². The summed E-state index contributed by atoms with van der Waals surface area (Å²) < 4.78 is 0. The quantitative estimate of drug-likeness (QED) is 0.396. The molecular formula is C27H40O2. The number of aryl methyl sites for hydroxylation is 4.